The Morgan fingerprint density at radius 3 is 2.29 bits per heavy atom. The SMILES string of the molecule is CCCCN1C(=NC23CC4CC(CC(C4)C2)C3)SCC1CC(=O)Nc1ccc(C(F)(F)F)cc1. The maximum Gasteiger partial charge on any atom is 0.416 e. The summed E-state index contributed by atoms with van der Waals surface area (Å²) in [5.74, 6) is 3.20. The summed E-state index contributed by atoms with van der Waals surface area (Å²) >= 11 is 1.78. The molecule has 5 aliphatic rings. The van der Waals surface area contributed by atoms with Crippen molar-refractivity contribution in [1.82, 2.24) is 4.90 Å². The number of carbonyl (C=O) groups excluding carboxylic acids is 1. The summed E-state index contributed by atoms with van der Waals surface area (Å²) in [7, 11) is 0. The summed E-state index contributed by atoms with van der Waals surface area (Å²) in [4.78, 5) is 20.6. The number of hydrogen-bond donors (Lipinski definition) is 1. The Morgan fingerprint density at radius 1 is 1.12 bits per heavy atom. The van der Waals surface area contributed by atoms with Crippen molar-refractivity contribution in [2.24, 2.45) is 22.7 Å². The van der Waals surface area contributed by atoms with Crippen LogP contribution in [-0.4, -0.2) is 39.9 Å². The third-order valence-electron chi connectivity index (χ3n) is 8.10. The molecule has 4 nitrogen and oxygen atoms in total. The number of aliphatic imine (C=N–C) groups is 1. The summed E-state index contributed by atoms with van der Waals surface area (Å²) in [5, 5.41) is 3.90. The Morgan fingerprint density at radius 2 is 1.74 bits per heavy atom. The molecule has 1 unspecified atom stereocenters. The topological polar surface area (TPSA) is 44.7 Å². The molecule has 0 spiro atoms. The molecule has 1 N–H and O–H groups in total. The lowest BCUT2D eigenvalue weighted by atomic mass is 9.53. The Bertz CT molecular complexity index is 895. The molecule has 4 saturated carbocycles. The summed E-state index contributed by atoms with van der Waals surface area (Å²) < 4.78 is 38.4. The first-order chi connectivity index (χ1) is 16.2. The number of nitrogens with zero attached hydrogens (tertiary/aromatic N) is 2. The van der Waals surface area contributed by atoms with Crippen LogP contribution in [0.5, 0.6) is 0 Å². The molecule has 1 atom stereocenters. The van der Waals surface area contributed by atoms with Crippen LogP contribution in [0.25, 0.3) is 0 Å². The van der Waals surface area contributed by atoms with Crippen LogP contribution in [-0.2, 0) is 11.0 Å². The molecule has 1 saturated heterocycles. The lowest BCUT2D eigenvalue weighted by Crippen LogP contribution is -2.50. The van der Waals surface area contributed by atoms with Gasteiger partial charge >= 0.3 is 6.18 Å². The van der Waals surface area contributed by atoms with Gasteiger partial charge in [-0.2, -0.15) is 13.2 Å². The second-order valence-corrected chi connectivity index (χ2v) is 11.9. The van der Waals surface area contributed by atoms with Crippen LogP contribution in [0.3, 0.4) is 0 Å². The van der Waals surface area contributed by atoms with Crippen molar-refractivity contribution < 1.29 is 18.0 Å². The van der Waals surface area contributed by atoms with Gasteiger partial charge in [0, 0.05) is 30.4 Å². The first-order valence-electron chi connectivity index (χ1n) is 12.7. The Labute approximate surface area is 204 Å². The average molecular weight is 494 g/mol. The van der Waals surface area contributed by atoms with E-state index in [1.165, 1.54) is 50.7 Å². The second-order valence-electron chi connectivity index (χ2n) is 10.9. The van der Waals surface area contributed by atoms with Gasteiger partial charge in [-0.05, 0) is 87.0 Å². The number of nitrogens with one attached hydrogen (secondary N) is 1. The van der Waals surface area contributed by atoms with E-state index in [0.717, 1.165) is 60.2 Å². The molecular weight excluding hydrogens is 459 g/mol. The molecule has 1 aliphatic heterocycles. The highest BCUT2D eigenvalue weighted by molar-refractivity contribution is 8.14. The minimum absolute atomic E-state index is 0.0682. The maximum atomic E-state index is 12.8. The molecule has 4 aliphatic carbocycles. The smallest absolute Gasteiger partial charge is 0.347 e. The van der Waals surface area contributed by atoms with E-state index in [1.807, 2.05) is 0 Å². The third kappa shape index (κ3) is 5.12. The van der Waals surface area contributed by atoms with Crippen molar-refractivity contribution in [1.29, 1.82) is 0 Å². The van der Waals surface area contributed by atoms with Gasteiger partial charge in [0.15, 0.2) is 5.17 Å². The maximum absolute atomic E-state index is 12.8. The molecule has 34 heavy (non-hydrogen) atoms. The fraction of sp³-hybridized carbons (Fsp3) is 0.692. The van der Waals surface area contributed by atoms with Crippen molar-refractivity contribution in [3.05, 3.63) is 29.8 Å². The minimum Gasteiger partial charge on any atom is -0.347 e. The molecule has 8 heteroatoms. The molecule has 186 valence electrons. The van der Waals surface area contributed by atoms with Crippen molar-refractivity contribution in [2.45, 2.75) is 82.5 Å². The van der Waals surface area contributed by atoms with E-state index in [4.69, 9.17) is 4.99 Å². The highest BCUT2D eigenvalue weighted by Gasteiger charge is 2.51. The fourth-order valence-electron chi connectivity index (χ4n) is 6.95. The number of hydrogen-bond acceptors (Lipinski definition) is 3. The van der Waals surface area contributed by atoms with Gasteiger partial charge in [0.25, 0.3) is 0 Å². The van der Waals surface area contributed by atoms with Crippen molar-refractivity contribution in [3.8, 4) is 0 Å². The van der Waals surface area contributed by atoms with Gasteiger partial charge in [0.2, 0.25) is 5.91 Å². The van der Waals surface area contributed by atoms with Gasteiger partial charge in [-0.3, -0.25) is 9.79 Å². The average Bonchev–Trinajstić information content (AvgIpc) is 3.11. The van der Waals surface area contributed by atoms with Gasteiger partial charge in [0.05, 0.1) is 11.1 Å². The number of halogens is 3. The number of anilines is 1. The van der Waals surface area contributed by atoms with Crippen molar-refractivity contribution >= 4 is 28.5 Å². The lowest BCUT2D eigenvalue weighted by Gasteiger charge is -2.55. The van der Waals surface area contributed by atoms with Gasteiger partial charge in [-0.1, -0.05) is 25.1 Å². The Balaban J connectivity index is 1.26. The first kappa shape index (κ1) is 24.0. The summed E-state index contributed by atoms with van der Waals surface area (Å²) in [6.07, 6.45) is 5.93. The number of carbonyl (C=O) groups is 1. The van der Waals surface area contributed by atoms with Crippen LogP contribution in [0.2, 0.25) is 0 Å². The van der Waals surface area contributed by atoms with Crippen LogP contribution in [0, 0.1) is 17.8 Å². The van der Waals surface area contributed by atoms with Gasteiger partial charge in [0.1, 0.15) is 0 Å². The number of alkyl halides is 3. The van der Waals surface area contributed by atoms with Gasteiger partial charge in [-0.25, -0.2) is 0 Å². The molecule has 0 radical (unpaired) electrons. The van der Waals surface area contributed by atoms with Crippen LogP contribution >= 0.6 is 11.8 Å². The fourth-order valence-corrected chi connectivity index (χ4v) is 8.25. The van der Waals surface area contributed by atoms with Gasteiger partial charge in [-0.15, -0.1) is 0 Å². The van der Waals surface area contributed by atoms with Crippen LogP contribution in [0.1, 0.15) is 70.3 Å². The standard InChI is InChI=1S/C26H34F3N3OS/c1-2-3-8-32-22(12-23(33)30-21-6-4-20(5-7-21)26(27,28)29)16-34-24(32)31-25-13-17-9-18(14-25)11-19(10-17)15-25/h4-7,17-19,22H,2-3,8-16H2,1H3,(H,30,33). The number of rotatable bonds is 7. The van der Waals surface area contributed by atoms with Crippen molar-refractivity contribution in [2.75, 3.05) is 17.6 Å². The van der Waals surface area contributed by atoms with Crippen LogP contribution < -0.4 is 5.32 Å². The number of amides is 1. The van der Waals surface area contributed by atoms with Gasteiger partial charge < -0.3 is 10.2 Å². The first-order valence-corrected chi connectivity index (χ1v) is 13.7. The highest BCUT2D eigenvalue weighted by Crippen LogP contribution is 2.57. The number of benzene rings is 1. The molecule has 1 aromatic carbocycles. The largest absolute Gasteiger partial charge is 0.416 e. The monoisotopic (exact) mass is 493 g/mol. The number of thioether (sulfide) groups is 1. The van der Waals surface area contributed by atoms with E-state index in [9.17, 15) is 18.0 Å². The summed E-state index contributed by atoms with van der Waals surface area (Å²) in [6.45, 7) is 3.07. The zero-order valence-corrected chi connectivity index (χ0v) is 20.6. The number of unbranched alkanes of at least 4 members (excludes halogenated alkanes) is 1. The van der Waals surface area contributed by atoms with E-state index < -0.39 is 11.7 Å². The molecule has 5 fully saturated rings. The summed E-state index contributed by atoms with van der Waals surface area (Å²) in [6, 6.07) is 4.71. The predicted molar refractivity (Wildman–Crippen MR) is 131 cm³/mol. The third-order valence-corrected chi connectivity index (χ3v) is 9.24. The zero-order chi connectivity index (χ0) is 23.9. The molecule has 1 heterocycles. The normalized spacial score (nSPS) is 33.6. The van der Waals surface area contributed by atoms with E-state index >= 15 is 0 Å². The van der Waals surface area contributed by atoms with Crippen LogP contribution in [0.15, 0.2) is 29.3 Å². The molecular formula is C26H34F3N3OS. The van der Waals surface area contributed by atoms with E-state index in [1.54, 1.807) is 11.8 Å². The predicted octanol–water partition coefficient (Wildman–Crippen LogP) is 6.58. The van der Waals surface area contributed by atoms with Crippen molar-refractivity contribution in [3.63, 3.8) is 0 Å². The number of amidine groups is 1. The van der Waals surface area contributed by atoms with E-state index in [0.29, 0.717) is 12.1 Å². The Kier molecular flexibility index (Phi) is 6.64. The molecule has 0 aromatic heterocycles. The van der Waals surface area contributed by atoms with E-state index in [-0.39, 0.29) is 17.5 Å². The quantitative estimate of drug-likeness (QED) is 0.467. The lowest BCUT2D eigenvalue weighted by molar-refractivity contribution is -0.137. The Hall–Kier alpha value is -1.70. The van der Waals surface area contributed by atoms with Crippen LogP contribution in [0.4, 0.5) is 18.9 Å². The van der Waals surface area contributed by atoms with E-state index in [2.05, 4.69) is 17.1 Å². The zero-order valence-electron chi connectivity index (χ0n) is 19.7. The molecule has 6 rings (SSSR count). The molecule has 4 bridgehead atoms. The molecule has 1 aromatic rings. The second kappa shape index (κ2) is 9.40. The highest BCUT2D eigenvalue weighted by atomic mass is 32.2. The molecule has 1 amide bonds. The minimum atomic E-state index is -4.38. The summed E-state index contributed by atoms with van der Waals surface area (Å²) in [5.41, 5.74) is -0.209.